The van der Waals surface area contributed by atoms with Crippen LogP contribution in [0.25, 0.3) is 6.08 Å². The van der Waals surface area contributed by atoms with Gasteiger partial charge in [-0.15, -0.1) is 0 Å². The van der Waals surface area contributed by atoms with Crippen LogP contribution in [-0.4, -0.2) is 53.1 Å². The summed E-state index contributed by atoms with van der Waals surface area (Å²) in [7, 11) is 0. The van der Waals surface area contributed by atoms with Gasteiger partial charge in [-0.2, -0.15) is 0 Å². The second-order valence-electron chi connectivity index (χ2n) is 7.60. The molecule has 0 unspecified atom stereocenters. The number of benzene rings is 1. The Morgan fingerprint density at radius 3 is 2.62 bits per heavy atom. The van der Waals surface area contributed by atoms with Crippen molar-refractivity contribution in [1.29, 1.82) is 0 Å². The van der Waals surface area contributed by atoms with Crippen LogP contribution in [0.15, 0.2) is 27.6 Å². The van der Waals surface area contributed by atoms with E-state index in [9.17, 15) is 14.4 Å². The molecule has 2 heterocycles. The topological polar surface area (TPSA) is 66.9 Å². The molecule has 3 rings (SSSR count). The van der Waals surface area contributed by atoms with Crippen LogP contribution in [0.1, 0.15) is 38.7 Å². The number of rotatable bonds is 6. The van der Waals surface area contributed by atoms with Crippen molar-refractivity contribution in [3.05, 3.63) is 33.1 Å². The summed E-state index contributed by atoms with van der Waals surface area (Å²) in [5, 5.41) is -0.400. The van der Waals surface area contributed by atoms with Crippen LogP contribution in [0.5, 0.6) is 5.75 Å². The first-order chi connectivity index (χ1) is 13.8. The highest BCUT2D eigenvalue weighted by molar-refractivity contribution is 9.10. The van der Waals surface area contributed by atoms with Crippen molar-refractivity contribution in [3.8, 4) is 5.75 Å². The Morgan fingerprint density at radius 2 is 1.97 bits per heavy atom. The van der Waals surface area contributed by atoms with Gasteiger partial charge in [0.1, 0.15) is 12.3 Å². The molecule has 156 valence electrons. The lowest BCUT2D eigenvalue weighted by molar-refractivity contribution is -0.136. The van der Waals surface area contributed by atoms with E-state index in [0.29, 0.717) is 30.5 Å². The van der Waals surface area contributed by atoms with E-state index in [2.05, 4.69) is 29.8 Å². The summed E-state index contributed by atoms with van der Waals surface area (Å²) < 4.78 is 6.52. The van der Waals surface area contributed by atoms with Gasteiger partial charge in [0.15, 0.2) is 0 Å². The fourth-order valence-corrected chi connectivity index (χ4v) is 4.50. The van der Waals surface area contributed by atoms with Crippen molar-refractivity contribution in [2.24, 2.45) is 5.92 Å². The fourth-order valence-electron chi connectivity index (χ4n) is 3.15. The third-order valence-electron chi connectivity index (χ3n) is 4.70. The molecule has 29 heavy (non-hydrogen) atoms. The highest BCUT2D eigenvalue weighted by Gasteiger charge is 2.37. The van der Waals surface area contributed by atoms with Gasteiger partial charge in [-0.05, 0) is 76.6 Å². The number of halogens is 1. The molecule has 0 aromatic heterocycles. The largest absolute Gasteiger partial charge is 0.492 e. The van der Waals surface area contributed by atoms with Gasteiger partial charge in [0, 0.05) is 13.1 Å². The van der Waals surface area contributed by atoms with E-state index in [4.69, 9.17) is 4.74 Å². The van der Waals surface area contributed by atoms with E-state index < -0.39 is 11.1 Å². The second kappa shape index (κ2) is 9.80. The summed E-state index contributed by atoms with van der Waals surface area (Å²) in [5.41, 5.74) is 0.779. The van der Waals surface area contributed by atoms with Gasteiger partial charge < -0.3 is 9.64 Å². The average Bonchev–Trinajstić information content (AvgIpc) is 2.95. The van der Waals surface area contributed by atoms with E-state index in [1.54, 1.807) is 11.0 Å². The van der Waals surface area contributed by atoms with E-state index in [0.717, 1.165) is 51.7 Å². The molecular formula is C21H25BrN2O4S. The summed E-state index contributed by atoms with van der Waals surface area (Å²) in [6.07, 6.45) is 4.73. The number of hydrogen-bond donors (Lipinski definition) is 0. The number of imide groups is 1. The van der Waals surface area contributed by atoms with Crippen molar-refractivity contribution < 1.29 is 19.1 Å². The minimum Gasteiger partial charge on any atom is -0.492 e. The normalized spacial score (nSPS) is 18.8. The van der Waals surface area contributed by atoms with E-state index in [-0.39, 0.29) is 12.5 Å². The quantitative estimate of drug-likeness (QED) is 0.559. The number of likely N-dealkylation sites (tertiary alicyclic amines) is 1. The number of amides is 3. The summed E-state index contributed by atoms with van der Waals surface area (Å²) in [4.78, 5) is 40.5. The molecule has 2 aliphatic rings. The van der Waals surface area contributed by atoms with Crippen molar-refractivity contribution >= 4 is 50.8 Å². The molecule has 0 aliphatic carbocycles. The first kappa shape index (κ1) is 21.9. The van der Waals surface area contributed by atoms with Crippen molar-refractivity contribution in [1.82, 2.24) is 9.80 Å². The maximum Gasteiger partial charge on any atom is 0.294 e. The molecule has 2 saturated heterocycles. The summed E-state index contributed by atoms with van der Waals surface area (Å²) >= 11 is 4.36. The molecule has 0 atom stereocenters. The van der Waals surface area contributed by atoms with Crippen LogP contribution < -0.4 is 4.74 Å². The molecule has 2 aliphatic heterocycles. The van der Waals surface area contributed by atoms with E-state index in [1.165, 1.54) is 0 Å². The Labute approximate surface area is 183 Å². The molecule has 0 N–H and O–H groups in total. The molecule has 0 saturated carbocycles. The second-order valence-corrected chi connectivity index (χ2v) is 9.45. The standard InChI is InChI=1S/C21H25BrN2O4S/c1-14(2)13-28-17-7-6-15(10-16(17)22)11-18-20(26)24(21(27)29-18)12-19(25)23-8-4-3-5-9-23/h6-7,10-11,14H,3-5,8-9,12-13H2,1-2H3/b18-11+. The Kier molecular flexibility index (Phi) is 7.40. The lowest BCUT2D eigenvalue weighted by Gasteiger charge is -2.27. The number of nitrogens with zero attached hydrogens (tertiary/aromatic N) is 2. The van der Waals surface area contributed by atoms with E-state index >= 15 is 0 Å². The Hall–Kier alpha value is -1.80. The lowest BCUT2D eigenvalue weighted by atomic mass is 10.1. The average molecular weight is 481 g/mol. The van der Waals surface area contributed by atoms with Crippen molar-refractivity contribution in [2.75, 3.05) is 26.2 Å². The molecule has 3 amide bonds. The maximum absolute atomic E-state index is 12.7. The number of piperidine rings is 1. The highest BCUT2D eigenvalue weighted by Crippen LogP contribution is 2.34. The molecule has 0 radical (unpaired) electrons. The van der Waals surface area contributed by atoms with Crippen molar-refractivity contribution in [2.45, 2.75) is 33.1 Å². The summed E-state index contributed by atoms with van der Waals surface area (Å²) in [6, 6.07) is 5.53. The number of ether oxygens (including phenoxy) is 1. The van der Waals surface area contributed by atoms with Crippen LogP contribution in [0.4, 0.5) is 4.79 Å². The van der Waals surface area contributed by atoms with Gasteiger partial charge in [0.05, 0.1) is 16.0 Å². The lowest BCUT2D eigenvalue weighted by Crippen LogP contribution is -2.44. The monoisotopic (exact) mass is 480 g/mol. The third kappa shape index (κ3) is 5.63. The van der Waals surface area contributed by atoms with Gasteiger partial charge in [0.2, 0.25) is 5.91 Å². The fraction of sp³-hybridized carbons (Fsp3) is 0.476. The molecule has 1 aromatic carbocycles. The summed E-state index contributed by atoms with van der Waals surface area (Å²) in [5.74, 6) is 0.571. The first-order valence-corrected chi connectivity index (χ1v) is 11.4. The highest BCUT2D eigenvalue weighted by atomic mass is 79.9. The van der Waals surface area contributed by atoms with Gasteiger partial charge in [-0.1, -0.05) is 19.9 Å². The smallest absolute Gasteiger partial charge is 0.294 e. The molecular weight excluding hydrogens is 456 g/mol. The number of carbonyl (C=O) groups is 3. The van der Waals surface area contributed by atoms with Crippen LogP contribution in [0.3, 0.4) is 0 Å². The number of carbonyl (C=O) groups excluding carboxylic acids is 3. The predicted octanol–water partition coefficient (Wildman–Crippen LogP) is 4.53. The van der Waals surface area contributed by atoms with Gasteiger partial charge in [0.25, 0.3) is 11.1 Å². The molecule has 0 spiro atoms. The van der Waals surface area contributed by atoms with Crippen LogP contribution in [-0.2, 0) is 9.59 Å². The van der Waals surface area contributed by atoms with Gasteiger partial charge in [-0.25, -0.2) is 0 Å². The molecule has 1 aromatic rings. The van der Waals surface area contributed by atoms with Gasteiger partial charge >= 0.3 is 0 Å². The van der Waals surface area contributed by atoms with Crippen molar-refractivity contribution in [3.63, 3.8) is 0 Å². The Bertz CT molecular complexity index is 834. The SMILES string of the molecule is CC(C)COc1ccc(/C=C2/SC(=O)N(CC(=O)N3CCCCC3)C2=O)cc1Br. The van der Waals surface area contributed by atoms with Crippen LogP contribution >= 0.6 is 27.7 Å². The molecule has 8 heteroatoms. The maximum atomic E-state index is 12.7. The minimum atomic E-state index is -0.415. The zero-order valence-corrected chi connectivity index (χ0v) is 19.1. The molecule has 6 nitrogen and oxygen atoms in total. The van der Waals surface area contributed by atoms with Gasteiger partial charge in [-0.3, -0.25) is 19.3 Å². The van der Waals surface area contributed by atoms with Crippen LogP contribution in [0, 0.1) is 5.92 Å². The van der Waals surface area contributed by atoms with E-state index in [1.807, 2.05) is 18.2 Å². The minimum absolute atomic E-state index is 0.164. The first-order valence-electron chi connectivity index (χ1n) is 9.80. The zero-order chi connectivity index (χ0) is 21.0. The number of hydrogen-bond acceptors (Lipinski definition) is 5. The molecule has 0 bridgehead atoms. The summed E-state index contributed by atoms with van der Waals surface area (Å²) in [6.45, 7) is 5.98. The van der Waals surface area contributed by atoms with Crippen LogP contribution in [0.2, 0.25) is 0 Å². The predicted molar refractivity (Wildman–Crippen MR) is 118 cm³/mol. The zero-order valence-electron chi connectivity index (χ0n) is 16.7. The molecule has 2 fully saturated rings. The number of thioether (sulfide) groups is 1. The Morgan fingerprint density at radius 1 is 1.24 bits per heavy atom. The third-order valence-corrected chi connectivity index (χ3v) is 6.23. The Balaban J connectivity index is 1.67.